The minimum absolute atomic E-state index is 0.179. The van der Waals surface area contributed by atoms with E-state index in [9.17, 15) is 9.59 Å². The summed E-state index contributed by atoms with van der Waals surface area (Å²) < 4.78 is 0. The number of urea groups is 1. The van der Waals surface area contributed by atoms with E-state index in [0.29, 0.717) is 12.2 Å². The van der Waals surface area contributed by atoms with Crippen molar-refractivity contribution < 1.29 is 14.7 Å². The maximum absolute atomic E-state index is 11.6. The Kier molecular flexibility index (Phi) is 7.16. The summed E-state index contributed by atoms with van der Waals surface area (Å²) in [4.78, 5) is 29.3. The lowest BCUT2D eigenvalue weighted by Gasteiger charge is -2.14. The van der Waals surface area contributed by atoms with Crippen LogP contribution in [0.4, 0.5) is 4.79 Å². The average Bonchev–Trinajstić information content (AvgIpc) is 2.90. The lowest BCUT2D eigenvalue weighted by Crippen LogP contribution is -2.47. The molecule has 7 nitrogen and oxygen atoms in total. The molecule has 0 saturated heterocycles. The Hall–Kier alpha value is -2.05. The van der Waals surface area contributed by atoms with Crippen molar-refractivity contribution in [1.82, 2.24) is 20.6 Å². The maximum Gasteiger partial charge on any atom is 0.326 e. The van der Waals surface area contributed by atoms with Gasteiger partial charge in [0.2, 0.25) is 0 Å². The number of nitrogens with one attached hydrogen (secondary N) is 3. The molecular formula is C13H22N4O3. The Morgan fingerprint density at radius 3 is 2.80 bits per heavy atom. The van der Waals surface area contributed by atoms with Crippen LogP contribution >= 0.6 is 0 Å². The van der Waals surface area contributed by atoms with E-state index < -0.39 is 18.0 Å². The minimum Gasteiger partial charge on any atom is -0.480 e. The summed E-state index contributed by atoms with van der Waals surface area (Å²) in [6.07, 6.45) is 7.44. The van der Waals surface area contributed by atoms with Gasteiger partial charge in [-0.1, -0.05) is 26.2 Å². The van der Waals surface area contributed by atoms with Gasteiger partial charge in [-0.15, -0.1) is 0 Å². The summed E-state index contributed by atoms with van der Waals surface area (Å²) in [5, 5.41) is 14.2. The number of aromatic amines is 1. The smallest absolute Gasteiger partial charge is 0.326 e. The summed E-state index contributed by atoms with van der Waals surface area (Å²) in [7, 11) is 0. The van der Waals surface area contributed by atoms with Crippen LogP contribution in [0, 0.1) is 0 Å². The molecule has 2 amide bonds. The molecule has 4 N–H and O–H groups in total. The molecule has 0 aromatic carbocycles. The zero-order valence-corrected chi connectivity index (χ0v) is 11.7. The summed E-state index contributed by atoms with van der Waals surface area (Å²) >= 11 is 0. The SMILES string of the molecule is CCCCCCNC(=O)N[C@H](Cc1cnc[nH]1)C(=O)O. The summed E-state index contributed by atoms with van der Waals surface area (Å²) in [6, 6.07) is -1.42. The van der Waals surface area contributed by atoms with Gasteiger partial charge in [-0.2, -0.15) is 0 Å². The van der Waals surface area contributed by atoms with Gasteiger partial charge in [-0.3, -0.25) is 0 Å². The number of carboxylic acid groups (broad SMARTS) is 1. The largest absolute Gasteiger partial charge is 0.480 e. The van der Waals surface area contributed by atoms with Crippen LogP contribution in [-0.2, 0) is 11.2 Å². The normalized spacial score (nSPS) is 11.8. The molecule has 1 rings (SSSR count). The van der Waals surface area contributed by atoms with Gasteiger partial charge in [0.05, 0.1) is 6.33 Å². The summed E-state index contributed by atoms with van der Waals surface area (Å²) in [5.74, 6) is -1.07. The molecular weight excluding hydrogens is 260 g/mol. The number of H-pyrrole nitrogens is 1. The highest BCUT2D eigenvalue weighted by Gasteiger charge is 2.20. The van der Waals surface area contributed by atoms with E-state index in [1.807, 2.05) is 0 Å². The second kappa shape index (κ2) is 8.95. The Labute approximate surface area is 118 Å². The Morgan fingerprint density at radius 2 is 2.20 bits per heavy atom. The molecule has 1 heterocycles. The number of hydrogen-bond donors (Lipinski definition) is 4. The van der Waals surface area contributed by atoms with Crippen molar-refractivity contribution in [3.05, 3.63) is 18.2 Å². The number of rotatable bonds is 9. The highest BCUT2D eigenvalue weighted by molar-refractivity contribution is 5.82. The monoisotopic (exact) mass is 282 g/mol. The summed E-state index contributed by atoms with van der Waals surface area (Å²) in [5.41, 5.74) is 0.667. The van der Waals surface area contributed by atoms with Crippen molar-refractivity contribution in [3.63, 3.8) is 0 Å². The molecule has 0 saturated carbocycles. The Morgan fingerprint density at radius 1 is 1.40 bits per heavy atom. The van der Waals surface area contributed by atoms with Crippen molar-refractivity contribution in [2.24, 2.45) is 0 Å². The fourth-order valence-corrected chi connectivity index (χ4v) is 1.78. The first kappa shape index (κ1) is 16.0. The third-order valence-electron chi connectivity index (χ3n) is 2.90. The van der Waals surface area contributed by atoms with E-state index in [1.165, 1.54) is 6.33 Å². The molecule has 0 spiro atoms. The number of unbranched alkanes of at least 4 members (excludes halogenated alkanes) is 3. The maximum atomic E-state index is 11.6. The molecule has 0 fully saturated rings. The van der Waals surface area contributed by atoms with Crippen LogP contribution in [0.25, 0.3) is 0 Å². The molecule has 0 aliphatic rings. The molecule has 0 aliphatic carbocycles. The van der Waals surface area contributed by atoms with Crippen LogP contribution in [0.1, 0.15) is 38.3 Å². The van der Waals surface area contributed by atoms with Crippen LogP contribution in [0.5, 0.6) is 0 Å². The zero-order chi connectivity index (χ0) is 14.8. The van der Waals surface area contributed by atoms with E-state index in [-0.39, 0.29) is 6.42 Å². The average molecular weight is 282 g/mol. The van der Waals surface area contributed by atoms with Crippen LogP contribution in [0.2, 0.25) is 0 Å². The molecule has 0 bridgehead atoms. The molecule has 0 radical (unpaired) electrons. The number of carbonyl (C=O) groups excluding carboxylic acids is 1. The van der Waals surface area contributed by atoms with Gasteiger partial charge in [0.25, 0.3) is 0 Å². The van der Waals surface area contributed by atoms with Crippen molar-refractivity contribution in [2.75, 3.05) is 6.54 Å². The number of aliphatic carboxylic acids is 1. The lowest BCUT2D eigenvalue weighted by molar-refractivity contribution is -0.139. The predicted molar refractivity (Wildman–Crippen MR) is 74.4 cm³/mol. The summed E-state index contributed by atoms with van der Waals surface area (Å²) in [6.45, 7) is 2.68. The first-order chi connectivity index (χ1) is 9.63. The van der Waals surface area contributed by atoms with Crippen molar-refractivity contribution in [1.29, 1.82) is 0 Å². The molecule has 1 aromatic rings. The highest BCUT2D eigenvalue weighted by Crippen LogP contribution is 1.99. The van der Waals surface area contributed by atoms with Gasteiger partial charge < -0.3 is 20.7 Å². The fourth-order valence-electron chi connectivity index (χ4n) is 1.78. The number of carboxylic acids is 1. The second-order valence-electron chi connectivity index (χ2n) is 4.63. The van der Waals surface area contributed by atoms with Gasteiger partial charge in [-0.05, 0) is 6.42 Å². The molecule has 1 atom stereocenters. The fraction of sp³-hybridized carbons (Fsp3) is 0.615. The standard InChI is InChI=1S/C13H22N4O3/c1-2-3-4-5-6-15-13(20)17-11(12(18)19)7-10-8-14-9-16-10/h8-9,11H,2-7H2,1H3,(H,14,16)(H,18,19)(H2,15,17,20)/t11-/m1/s1. The number of nitrogens with zero attached hydrogens (tertiary/aromatic N) is 1. The van der Waals surface area contributed by atoms with Crippen molar-refractivity contribution in [3.8, 4) is 0 Å². The first-order valence-corrected chi connectivity index (χ1v) is 6.88. The predicted octanol–water partition coefficient (Wildman–Crippen LogP) is 1.28. The molecule has 0 unspecified atom stereocenters. The van der Waals surface area contributed by atoms with Gasteiger partial charge in [0, 0.05) is 24.9 Å². The quantitative estimate of drug-likeness (QED) is 0.512. The Bertz CT molecular complexity index is 406. The van der Waals surface area contributed by atoms with Crippen LogP contribution in [-0.4, -0.2) is 39.7 Å². The van der Waals surface area contributed by atoms with Gasteiger partial charge >= 0.3 is 12.0 Å². The molecule has 1 aromatic heterocycles. The number of carbonyl (C=O) groups is 2. The molecule has 20 heavy (non-hydrogen) atoms. The number of imidazole rings is 1. The molecule has 0 aliphatic heterocycles. The zero-order valence-electron chi connectivity index (χ0n) is 11.7. The van der Waals surface area contributed by atoms with E-state index in [2.05, 4.69) is 27.5 Å². The van der Waals surface area contributed by atoms with Crippen LogP contribution in [0.15, 0.2) is 12.5 Å². The van der Waals surface area contributed by atoms with E-state index in [1.54, 1.807) is 6.20 Å². The van der Waals surface area contributed by atoms with Crippen LogP contribution in [0.3, 0.4) is 0 Å². The minimum atomic E-state index is -1.07. The van der Waals surface area contributed by atoms with E-state index in [0.717, 1.165) is 25.7 Å². The highest BCUT2D eigenvalue weighted by atomic mass is 16.4. The van der Waals surface area contributed by atoms with E-state index >= 15 is 0 Å². The first-order valence-electron chi connectivity index (χ1n) is 6.88. The lowest BCUT2D eigenvalue weighted by atomic mass is 10.1. The number of amides is 2. The third-order valence-corrected chi connectivity index (χ3v) is 2.90. The topological polar surface area (TPSA) is 107 Å². The number of aromatic nitrogens is 2. The molecule has 7 heteroatoms. The van der Waals surface area contributed by atoms with Crippen molar-refractivity contribution >= 4 is 12.0 Å². The molecule has 112 valence electrons. The van der Waals surface area contributed by atoms with Gasteiger partial charge in [0.1, 0.15) is 6.04 Å². The third kappa shape index (κ3) is 6.21. The van der Waals surface area contributed by atoms with Gasteiger partial charge in [-0.25, -0.2) is 14.6 Å². The Balaban J connectivity index is 2.30. The van der Waals surface area contributed by atoms with Crippen LogP contribution < -0.4 is 10.6 Å². The second-order valence-corrected chi connectivity index (χ2v) is 4.63. The number of hydrogen-bond acceptors (Lipinski definition) is 3. The van der Waals surface area contributed by atoms with Gasteiger partial charge in [0.15, 0.2) is 0 Å². The van der Waals surface area contributed by atoms with E-state index in [4.69, 9.17) is 5.11 Å². The van der Waals surface area contributed by atoms with Crippen molar-refractivity contribution in [2.45, 2.75) is 45.1 Å².